The lowest BCUT2D eigenvalue weighted by atomic mass is 9.98. The summed E-state index contributed by atoms with van der Waals surface area (Å²) in [6.45, 7) is 2.12. The Morgan fingerprint density at radius 2 is 2.04 bits per heavy atom. The number of carbonyl (C=O) groups excluding carboxylic acids is 1. The number of halogens is 2. The van der Waals surface area contributed by atoms with Crippen LogP contribution in [0.4, 0.5) is 0 Å². The third-order valence-corrected chi connectivity index (χ3v) is 6.55. The van der Waals surface area contributed by atoms with Crippen LogP contribution in [-0.2, 0) is 17.6 Å². The molecule has 0 radical (unpaired) electrons. The van der Waals surface area contributed by atoms with E-state index in [9.17, 15) is 9.90 Å². The number of aryl methyl sites for hydroxylation is 2. The maximum atomic E-state index is 11.0. The molecule has 1 aromatic carbocycles. The first kappa shape index (κ1) is 23.1. The van der Waals surface area contributed by atoms with Gasteiger partial charge in [0.2, 0.25) is 0 Å². The molecule has 154 valence electrons. The highest BCUT2D eigenvalue weighted by Gasteiger charge is 2.22. The molecule has 1 heterocycles. The van der Waals surface area contributed by atoms with Gasteiger partial charge < -0.3 is 9.84 Å². The average Bonchev–Trinajstić information content (AvgIpc) is 3.28. The number of alkyl halides is 1. The van der Waals surface area contributed by atoms with Gasteiger partial charge in [-0.2, -0.15) is 0 Å². The summed E-state index contributed by atoms with van der Waals surface area (Å²) in [6.07, 6.45) is 7.79. The van der Waals surface area contributed by atoms with Crippen LogP contribution >= 0.6 is 34.5 Å². The molecule has 1 saturated carbocycles. The predicted octanol–water partition coefficient (Wildman–Crippen LogP) is 6.87. The van der Waals surface area contributed by atoms with Gasteiger partial charge in [0.25, 0.3) is 0 Å². The van der Waals surface area contributed by atoms with E-state index in [-0.39, 0.29) is 11.7 Å². The summed E-state index contributed by atoms with van der Waals surface area (Å²) >= 11 is 13.5. The molecule has 1 aliphatic carbocycles. The monoisotopic (exact) mass is 442 g/mol. The number of ether oxygens (including phenoxy) is 1. The number of esters is 1. The fraction of sp³-hybridized carbons (Fsp3) is 0.500. The summed E-state index contributed by atoms with van der Waals surface area (Å²) in [4.78, 5) is 13.0. The zero-order valence-corrected chi connectivity index (χ0v) is 18.7. The van der Waals surface area contributed by atoms with E-state index in [1.807, 2.05) is 18.2 Å². The zero-order valence-electron chi connectivity index (χ0n) is 16.4. The number of rotatable bonds is 6. The molecule has 0 spiro atoms. The summed E-state index contributed by atoms with van der Waals surface area (Å²) in [5.41, 5.74) is 1.11. The van der Waals surface area contributed by atoms with Crippen molar-refractivity contribution in [3.8, 4) is 5.75 Å². The molecule has 3 nitrogen and oxygen atoms in total. The molecule has 1 N–H and O–H groups in total. The van der Waals surface area contributed by atoms with Crippen molar-refractivity contribution in [1.29, 1.82) is 0 Å². The third-order valence-electron chi connectivity index (χ3n) is 4.81. The quantitative estimate of drug-likeness (QED) is 0.391. The number of hydrogen-bond donors (Lipinski definition) is 1. The van der Waals surface area contributed by atoms with Crippen molar-refractivity contribution in [1.82, 2.24) is 0 Å². The molecule has 1 aliphatic rings. The van der Waals surface area contributed by atoms with Crippen molar-refractivity contribution < 1.29 is 14.6 Å². The first-order chi connectivity index (χ1) is 13.4. The number of benzene rings is 1. The van der Waals surface area contributed by atoms with Crippen molar-refractivity contribution in [3.05, 3.63) is 50.7 Å². The first-order valence-corrected chi connectivity index (χ1v) is 11.3. The molecular formula is C22H28Cl2O3S. The molecule has 2 aromatic rings. The van der Waals surface area contributed by atoms with Gasteiger partial charge in [-0.25, -0.2) is 4.79 Å². The second-order valence-corrected chi connectivity index (χ2v) is 9.36. The van der Waals surface area contributed by atoms with E-state index in [0.29, 0.717) is 15.3 Å². The van der Waals surface area contributed by atoms with E-state index in [0.717, 1.165) is 50.0 Å². The Morgan fingerprint density at radius 1 is 1.25 bits per heavy atom. The van der Waals surface area contributed by atoms with Crippen molar-refractivity contribution in [2.24, 2.45) is 5.92 Å². The van der Waals surface area contributed by atoms with Gasteiger partial charge in [-0.15, -0.1) is 22.9 Å². The molecule has 0 aliphatic heterocycles. The second kappa shape index (κ2) is 11.7. The Kier molecular flexibility index (Phi) is 9.63. The Balaban J connectivity index is 0.000000209. The normalized spacial score (nSPS) is 18.4. The van der Waals surface area contributed by atoms with E-state index < -0.39 is 0 Å². The van der Waals surface area contributed by atoms with Gasteiger partial charge in [0.15, 0.2) is 0 Å². The molecule has 0 amide bonds. The fourth-order valence-corrected chi connectivity index (χ4v) is 5.05. The van der Waals surface area contributed by atoms with E-state index in [4.69, 9.17) is 23.2 Å². The number of aromatic hydroxyl groups is 1. The van der Waals surface area contributed by atoms with Crippen LogP contribution in [0.5, 0.6) is 5.75 Å². The Labute approximate surface area is 181 Å². The predicted molar refractivity (Wildman–Crippen MR) is 118 cm³/mol. The van der Waals surface area contributed by atoms with Crippen LogP contribution in [0.25, 0.3) is 0 Å². The number of thiophene rings is 1. The van der Waals surface area contributed by atoms with Gasteiger partial charge in [0.05, 0.1) is 7.11 Å². The summed E-state index contributed by atoms with van der Waals surface area (Å²) in [7, 11) is 1.40. The van der Waals surface area contributed by atoms with Gasteiger partial charge in [0.1, 0.15) is 10.6 Å². The van der Waals surface area contributed by atoms with Crippen molar-refractivity contribution >= 4 is 40.5 Å². The van der Waals surface area contributed by atoms with Crippen molar-refractivity contribution in [2.75, 3.05) is 7.11 Å². The molecule has 28 heavy (non-hydrogen) atoms. The van der Waals surface area contributed by atoms with Crippen LogP contribution < -0.4 is 0 Å². The van der Waals surface area contributed by atoms with Crippen molar-refractivity contribution in [2.45, 2.75) is 57.2 Å². The molecule has 2 unspecified atom stereocenters. The minimum absolute atomic E-state index is 0.234. The highest BCUT2D eigenvalue weighted by molar-refractivity contribution is 7.13. The van der Waals surface area contributed by atoms with Crippen LogP contribution in [0.15, 0.2) is 30.3 Å². The van der Waals surface area contributed by atoms with E-state index in [2.05, 4.69) is 11.7 Å². The van der Waals surface area contributed by atoms with Gasteiger partial charge in [-0.05, 0) is 80.3 Å². The standard InChI is InChI=1S/C13H16Cl2O.C9H12O2S/c14-11-4-3-9(5-11)1-2-10-6-12(15)8-13(16)7-10;1-3-4-7-5-6-8(12-7)9(10)11-2/h6-9,11,16H,1-5H2;5-6H,3-4H2,1-2H3. The fourth-order valence-electron chi connectivity index (χ4n) is 3.39. The maximum absolute atomic E-state index is 11.0. The Bertz CT molecular complexity index is 740. The van der Waals surface area contributed by atoms with Gasteiger partial charge >= 0.3 is 5.97 Å². The van der Waals surface area contributed by atoms with Gasteiger partial charge in [0, 0.05) is 15.3 Å². The number of phenols is 1. The number of carbonyl (C=O) groups is 1. The lowest BCUT2D eigenvalue weighted by molar-refractivity contribution is 0.0606. The lowest BCUT2D eigenvalue weighted by Crippen LogP contribution is -1.98. The number of phenolic OH excluding ortho intramolecular Hbond substituents is 1. The van der Waals surface area contributed by atoms with E-state index in [1.54, 1.807) is 12.1 Å². The average molecular weight is 443 g/mol. The molecule has 0 bridgehead atoms. The second-order valence-electron chi connectivity index (χ2n) is 7.14. The molecule has 0 saturated heterocycles. The Morgan fingerprint density at radius 3 is 2.64 bits per heavy atom. The topological polar surface area (TPSA) is 46.5 Å². The SMILES string of the molecule is CCCc1ccc(C(=O)OC)s1.Oc1cc(Cl)cc(CCC2CCC(Cl)C2)c1. The first-order valence-electron chi connectivity index (χ1n) is 9.70. The van der Waals surface area contributed by atoms with E-state index in [1.165, 1.54) is 29.7 Å². The molecule has 2 atom stereocenters. The van der Waals surface area contributed by atoms with Crippen LogP contribution in [0.1, 0.15) is 59.1 Å². The molecule has 1 fully saturated rings. The highest BCUT2D eigenvalue weighted by Crippen LogP contribution is 2.33. The number of methoxy groups -OCH3 is 1. The smallest absolute Gasteiger partial charge is 0.348 e. The molecule has 6 heteroatoms. The van der Waals surface area contributed by atoms with Gasteiger partial charge in [-0.1, -0.05) is 24.9 Å². The number of hydrogen-bond acceptors (Lipinski definition) is 4. The minimum Gasteiger partial charge on any atom is -0.508 e. The van der Waals surface area contributed by atoms with Crippen molar-refractivity contribution in [3.63, 3.8) is 0 Å². The van der Waals surface area contributed by atoms with Gasteiger partial charge in [-0.3, -0.25) is 0 Å². The third kappa shape index (κ3) is 7.65. The van der Waals surface area contributed by atoms with Crippen LogP contribution in [-0.4, -0.2) is 23.6 Å². The lowest BCUT2D eigenvalue weighted by Gasteiger charge is -2.09. The molecule has 1 aromatic heterocycles. The largest absolute Gasteiger partial charge is 0.508 e. The van der Waals surface area contributed by atoms with Crippen LogP contribution in [0.3, 0.4) is 0 Å². The zero-order chi connectivity index (χ0) is 20.5. The molecular weight excluding hydrogens is 415 g/mol. The molecule has 3 rings (SSSR count). The van der Waals surface area contributed by atoms with Crippen LogP contribution in [0.2, 0.25) is 5.02 Å². The summed E-state index contributed by atoms with van der Waals surface area (Å²) in [5.74, 6) is 0.759. The summed E-state index contributed by atoms with van der Waals surface area (Å²) in [6, 6.07) is 9.09. The van der Waals surface area contributed by atoms with Crippen LogP contribution in [0, 0.1) is 5.92 Å². The Hall–Kier alpha value is -1.23. The highest BCUT2D eigenvalue weighted by atomic mass is 35.5. The minimum atomic E-state index is -0.234. The van der Waals surface area contributed by atoms with E-state index >= 15 is 0 Å². The summed E-state index contributed by atoms with van der Waals surface area (Å²) in [5, 5.41) is 10.4. The maximum Gasteiger partial charge on any atom is 0.348 e. The summed E-state index contributed by atoms with van der Waals surface area (Å²) < 4.78 is 4.60.